The Balaban J connectivity index is 1.38. The van der Waals surface area contributed by atoms with E-state index in [9.17, 15) is 9.18 Å². The second kappa shape index (κ2) is 8.58. The number of carbonyl (C=O) groups is 1. The lowest BCUT2D eigenvalue weighted by atomic mass is 10.0. The Kier molecular flexibility index (Phi) is 5.64. The molecule has 4 nitrogen and oxygen atoms in total. The topological polar surface area (TPSA) is 38.8 Å². The first-order valence-electron chi connectivity index (χ1n) is 10.1. The van der Waals surface area contributed by atoms with Gasteiger partial charge in [-0.2, -0.15) is 0 Å². The van der Waals surface area contributed by atoms with Crippen LogP contribution in [0.15, 0.2) is 60.4 Å². The molecule has 32 heavy (non-hydrogen) atoms. The minimum absolute atomic E-state index is 0.173. The number of fused-ring (bicyclic) bond motifs is 3. The van der Waals surface area contributed by atoms with Gasteiger partial charge in [0.25, 0.3) is 0 Å². The van der Waals surface area contributed by atoms with Crippen molar-refractivity contribution in [2.45, 2.75) is 13.0 Å². The van der Waals surface area contributed by atoms with E-state index in [4.69, 9.17) is 32.7 Å². The average molecular weight is 470 g/mol. The van der Waals surface area contributed by atoms with E-state index in [1.807, 2.05) is 0 Å². The van der Waals surface area contributed by atoms with Gasteiger partial charge in [0.2, 0.25) is 5.78 Å². The van der Waals surface area contributed by atoms with Gasteiger partial charge in [0.15, 0.2) is 5.76 Å². The van der Waals surface area contributed by atoms with E-state index in [0.29, 0.717) is 45.9 Å². The van der Waals surface area contributed by atoms with Gasteiger partial charge in [-0.25, -0.2) is 4.39 Å². The number of carbonyl (C=O) groups excluding carboxylic acids is 1. The van der Waals surface area contributed by atoms with Gasteiger partial charge in [0.05, 0.1) is 11.1 Å². The average Bonchev–Trinajstić information content (AvgIpc) is 3.11. The van der Waals surface area contributed by atoms with Crippen molar-refractivity contribution in [3.05, 3.63) is 98.5 Å². The molecule has 0 aliphatic carbocycles. The van der Waals surface area contributed by atoms with Gasteiger partial charge in [0.1, 0.15) is 24.0 Å². The molecule has 0 unspecified atom stereocenters. The molecule has 3 aromatic rings. The van der Waals surface area contributed by atoms with Crippen molar-refractivity contribution in [1.29, 1.82) is 0 Å². The van der Waals surface area contributed by atoms with Crippen LogP contribution in [0.4, 0.5) is 4.39 Å². The molecule has 2 aliphatic heterocycles. The van der Waals surface area contributed by atoms with Crippen molar-refractivity contribution in [3.63, 3.8) is 0 Å². The van der Waals surface area contributed by atoms with Crippen molar-refractivity contribution in [3.8, 4) is 11.5 Å². The Morgan fingerprint density at radius 2 is 1.78 bits per heavy atom. The molecule has 2 aliphatic rings. The van der Waals surface area contributed by atoms with E-state index in [2.05, 4.69) is 4.90 Å². The summed E-state index contributed by atoms with van der Waals surface area (Å²) >= 11 is 12.5. The van der Waals surface area contributed by atoms with Crippen LogP contribution in [-0.4, -0.2) is 24.0 Å². The van der Waals surface area contributed by atoms with Crippen LogP contribution >= 0.6 is 23.2 Å². The normalized spacial score (nSPS) is 16.5. The number of benzene rings is 3. The molecule has 2 heterocycles. The van der Waals surface area contributed by atoms with Crippen molar-refractivity contribution in [2.75, 3.05) is 13.3 Å². The lowest BCUT2D eigenvalue weighted by Gasteiger charge is -2.29. The first kappa shape index (κ1) is 21.0. The third-order valence-electron chi connectivity index (χ3n) is 5.59. The maximum absolute atomic E-state index is 13.1. The van der Waals surface area contributed by atoms with Gasteiger partial charge < -0.3 is 9.47 Å². The summed E-state index contributed by atoms with van der Waals surface area (Å²) in [6.07, 6.45) is 2.33. The lowest BCUT2D eigenvalue weighted by molar-refractivity contribution is 0.0949. The summed E-state index contributed by atoms with van der Waals surface area (Å²) in [6.45, 7) is 1.73. The maximum atomic E-state index is 13.1. The second-order valence-corrected chi connectivity index (χ2v) is 8.51. The minimum Gasteiger partial charge on any atom is -0.478 e. The molecule has 0 aromatic heterocycles. The number of allylic oxidation sites excluding steroid dienone is 1. The highest BCUT2D eigenvalue weighted by Crippen LogP contribution is 2.42. The fraction of sp³-hybridized carbons (Fsp3) is 0.160. The number of hydrogen-bond acceptors (Lipinski definition) is 4. The summed E-state index contributed by atoms with van der Waals surface area (Å²) in [5.74, 6) is 0.914. The van der Waals surface area contributed by atoms with Crippen molar-refractivity contribution in [1.82, 2.24) is 4.90 Å². The van der Waals surface area contributed by atoms with Crippen LogP contribution in [0.3, 0.4) is 0 Å². The van der Waals surface area contributed by atoms with Gasteiger partial charge in [0, 0.05) is 28.7 Å². The Bertz CT molecular complexity index is 1220. The molecule has 0 atom stereocenters. The minimum atomic E-state index is -0.247. The molecule has 0 saturated heterocycles. The first-order chi connectivity index (χ1) is 15.5. The molecule has 0 amide bonds. The standard InChI is InChI=1S/C25H18Cl2FNO3/c26-20-2-1-3-21(27)18(20)12-23-24(30)17-8-9-22-19(25(17)32-23)13-29(14-31-22)11-10-15-4-6-16(28)7-5-15/h1-9,12H,10-11,13-14H2/b23-12-. The van der Waals surface area contributed by atoms with E-state index >= 15 is 0 Å². The second-order valence-electron chi connectivity index (χ2n) is 7.70. The number of halogens is 3. The van der Waals surface area contributed by atoms with Crippen LogP contribution in [0.2, 0.25) is 10.0 Å². The molecule has 0 N–H and O–H groups in total. The number of hydrogen-bond donors (Lipinski definition) is 0. The molecule has 5 rings (SSSR count). The SMILES string of the molecule is O=C1/C(=C/c2c(Cl)cccc2Cl)Oc2c1ccc1c2CN(CCc2ccc(F)cc2)CO1. The highest BCUT2D eigenvalue weighted by molar-refractivity contribution is 6.37. The number of ether oxygens (including phenoxy) is 2. The zero-order valence-corrected chi connectivity index (χ0v) is 18.4. The highest BCUT2D eigenvalue weighted by Gasteiger charge is 2.33. The largest absolute Gasteiger partial charge is 0.478 e. The lowest BCUT2D eigenvalue weighted by Crippen LogP contribution is -2.33. The molecular weight excluding hydrogens is 452 g/mol. The van der Waals surface area contributed by atoms with Gasteiger partial charge >= 0.3 is 0 Å². The van der Waals surface area contributed by atoms with E-state index in [1.54, 1.807) is 48.5 Å². The smallest absolute Gasteiger partial charge is 0.231 e. The summed E-state index contributed by atoms with van der Waals surface area (Å²) in [5, 5.41) is 0.879. The van der Waals surface area contributed by atoms with E-state index in [0.717, 1.165) is 24.1 Å². The van der Waals surface area contributed by atoms with Crippen LogP contribution in [0.1, 0.15) is 27.0 Å². The Morgan fingerprint density at radius 3 is 2.53 bits per heavy atom. The fourth-order valence-corrected chi connectivity index (χ4v) is 4.37. The third kappa shape index (κ3) is 3.99. The van der Waals surface area contributed by atoms with E-state index < -0.39 is 0 Å². The maximum Gasteiger partial charge on any atom is 0.231 e. The molecule has 0 bridgehead atoms. The van der Waals surface area contributed by atoms with Gasteiger partial charge in [-0.15, -0.1) is 0 Å². The van der Waals surface area contributed by atoms with Gasteiger partial charge in [-0.05, 0) is 54.5 Å². The quantitative estimate of drug-likeness (QED) is 0.430. The van der Waals surface area contributed by atoms with Gasteiger partial charge in [-0.1, -0.05) is 41.4 Å². The monoisotopic (exact) mass is 469 g/mol. The molecule has 7 heteroatoms. The summed E-state index contributed by atoms with van der Waals surface area (Å²) in [4.78, 5) is 15.1. The molecule has 0 spiro atoms. The first-order valence-corrected chi connectivity index (χ1v) is 10.9. The summed E-state index contributed by atoms with van der Waals surface area (Å²) in [7, 11) is 0. The summed E-state index contributed by atoms with van der Waals surface area (Å²) < 4.78 is 25.0. The predicted molar refractivity (Wildman–Crippen MR) is 122 cm³/mol. The molecule has 0 radical (unpaired) electrons. The van der Waals surface area contributed by atoms with E-state index in [1.165, 1.54) is 12.1 Å². The van der Waals surface area contributed by atoms with Crippen molar-refractivity contribution < 1.29 is 18.7 Å². The van der Waals surface area contributed by atoms with Crippen LogP contribution in [0.5, 0.6) is 11.5 Å². The van der Waals surface area contributed by atoms with Gasteiger partial charge in [-0.3, -0.25) is 9.69 Å². The van der Waals surface area contributed by atoms with Crippen LogP contribution in [-0.2, 0) is 13.0 Å². The molecule has 0 fully saturated rings. The zero-order chi connectivity index (χ0) is 22.2. The summed E-state index contributed by atoms with van der Waals surface area (Å²) in [6, 6.07) is 15.2. The highest BCUT2D eigenvalue weighted by atomic mass is 35.5. The Hall–Kier alpha value is -2.86. The predicted octanol–water partition coefficient (Wildman–Crippen LogP) is 6.14. The number of Topliss-reactive ketones (excluding diaryl/α,β-unsaturated/α-hetero) is 1. The van der Waals surface area contributed by atoms with Crippen LogP contribution in [0.25, 0.3) is 6.08 Å². The van der Waals surface area contributed by atoms with E-state index in [-0.39, 0.29) is 17.4 Å². The molecule has 162 valence electrons. The third-order valence-corrected chi connectivity index (χ3v) is 6.25. The molecule has 3 aromatic carbocycles. The van der Waals surface area contributed by atoms with Crippen molar-refractivity contribution in [2.24, 2.45) is 0 Å². The molecular formula is C25H18Cl2FNO3. The summed E-state index contributed by atoms with van der Waals surface area (Å²) in [5.41, 5.74) is 2.90. The Labute approximate surface area is 194 Å². The van der Waals surface area contributed by atoms with Crippen LogP contribution in [0, 0.1) is 5.82 Å². The number of ketones is 1. The zero-order valence-electron chi connectivity index (χ0n) is 16.9. The molecule has 0 saturated carbocycles. The van der Waals surface area contributed by atoms with Crippen molar-refractivity contribution >= 4 is 35.1 Å². The fourth-order valence-electron chi connectivity index (χ4n) is 3.87. The Morgan fingerprint density at radius 1 is 1.03 bits per heavy atom. The number of rotatable bonds is 4. The number of nitrogens with zero attached hydrogens (tertiary/aromatic N) is 1. The van der Waals surface area contributed by atoms with Crippen LogP contribution < -0.4 is 9.47 Å².